The summed E-state index contributed by atoms with van der Waals surface area (Å²) in [5.74, 6) is 0.238. The van der Waals surface area contributed by atoms with Crippen molar-refractivity contribution in [2.45, 2.75) is 17.3 Å². The van der Waals surface area contributed by atoms with Crippen LogP contribution >= 0.6 is 11.8 Å². The minimum absolute atomic E-state index is 0.398. The monoisotopic (exact) mass is 305 g/mol. The maximum atomic E-state index is 11.7. The second-order valence-corrected chi connectivity index (χ2v) is 5.47. The second kappa shape index (κ2) is 6.89. The molecule has 0 aliphatic heterocycles. The summed E-state index contributed by atoms with van der Waals surface area (Å²) in [6.07, 6.45) is 0. The Morgan fingerprint density at radius 2 is 2.00 bits per heavy atom. The van der Waals surface area contributed by atoms with Gasteiger partial charge in [-0.3, -0.25) is 15.2 Å². The highest BCUT2D eigenvalue weighted by atomic mass is 32.2. The normalized spacial score (nSPS) is 11.7. The van der Waals surface area contributed by atoms with Crippen LogP contribution in [-0.4, -0.2) is 39.4 Å². The molecule has 0 saturated carbocycles. The third-order valence-electron chi connectivity index (χ3n) is 2.63. The van der Waals surface area contributed by atoms with Gasteiger partial charge in [0.15, 0.2) is 5.82 Å². The number of thioether (sulfide) groups is 1. The zero-order chi connectivity index (χ0) is 15.2. The number of hydrogen-bond acceptors (Lipinski definition) is 5. The molecule has 1 aromatic heterocycles. The van der Waals surface area contributed by atoms with Crippen molar-refractivity contribution in [2.75, 3.05) is 7.05 Å². The third-order valence-corrected chi connectivity index (χ3v) is 3.59. The Bertz CT molecular complexity index is 629. The summed E-state index contributed by atoms with van der Waals surface area (Å²) >= 11 is 1.17. The Morgan fingerprint density at radius 3 is 2.67 bits per heavy atom. The van der Waals surface area contributed by atoms with Crippen LogP contribution in [0.4, 0.5) is 4.79 Å². The molecule has 0 fully saturated rings. The minimum atomic E-state index is -0.535. The van der Waals surface area contributed by atoms with E-state index in [1.807, 2.05) is 30.3 Å². The van der Waals surface area contributed by atoms with Crippen molar-refractivity contribution < 1.29 is 9.59 Å². The van der Waals surface area contributed by atoms with Crippen LogP contribution in [0.5, 0.6) is 0 Å². The Labute approximate surface area is 125 Å². The number of nitrogens with zero attached hydrogens (tertiary/aromatic N) is 2. The first kappa shape index (κ1) is 15.0. The molecule has 3 amide bonds. The highest BCUT2D eigenvalue weighted by molar-refractivity contribution is 8.00. The van der Waals surface area contributed by atoms with Crippen LogP contribution in [-0.2, 0) is 4.79 Å². The first-order chi connectivity index (χ1) is 10.1. The molecule has 0 aliphatic rings. The number of H-pyrrole nitrogens is 1. The molecular weight excluding hydrogens is 290 g/mol. The SMILES string of the molecule is CNC(=O)NC(=O)C(C)Sc1n[nH]c(-c2ccccc2)n1. The van der Waals surface area contributed by atoms with Crippen molar-refractivity contribution in [3.05, 3.63) is 30.3 Å². The van der Waals surface area contributed by atoms with E-state index in [-0.39, 0.29) is 0 Å². The fraction of sp³-hybridized carbons (Fsp3) is 0.231. The molecule has 110 valence electrons. The van der Waals surface area contributed by atoms with Crippen LogP contribution in [0.1, 0.15) is 6.92 Å². The quantitative estimate of drug-likeness (QED) is 0.742. The van der Waals surface area contributed by atoms with Gasteiger partial charge in [0.25, 0.3) is 0 Å². The highest BCUT2D eigenvalue weighted by Gasteiger charge is 2.18. The summed E-state index contributed by atoms with van der Waals surface area (Å²) in [6.45, 7) is 1.68. The van der Waals surface area contributed by atoms with E-state index in [4.69, 9.17) is 0 Å². The van der Waals surface area contributed by atoms with E-state index in [2.05, 4.69) is 25.8 Å². The lowest BCUT2D eigenvalue weighted by Gasteiger charge is -2.08. The summed E-state index contributed by atoms with van der Waals surface area (Å²) in [6, 6.07) is 9.02. The first-order valence-corrected chi connectivity index (χ1v) is 7.15. The van der Waals surface area contributed by atoms with Gasteiger partial charge in [-0.05, 0) is 6.92 Å². The molecule has 1 heterocycles. The van der Waals surface area contributed by atoms with E-state index in [1.54, 1.807) is 6.92 Å². The number of urea groups is 1. The van der Waals surface area contributed by atoms with Crippen molar-refractivity contribution in [3.8, 4) is 11.4 Å². The van der Waals surface area contributed by atoms with Gasteiger partial charge in [0, 0.05) is 12.6 Å². The zero-order valence-electron chi connectivity index (χ0n) is 11.6. The van der Waals surface area contributed by atoms with Gasteiger partial charge in [0.05, 0.1) is 5.25 Å². The van der Waals surface area contributed by atoms with Crippen LogP contribution < -0.4 is 10.6 Å². The topological polar surface area (TPSA) is 99.8 Å². The van der Waals surface area contributed by atoms with Crippen LogP contribution in [0.15, 0.2) is 35.5 Å². The van der Waals surface area contributed by atoms with E-state index in [1.165, 1.54) is 18.8 Å². The molecule has 1 atom stereocenters. The fourth-order valence-corrected chi connectivity index (χ4v) is 2.24. The van der Waals surface area contributed by atoms with E-state index >= 15 is 0 Å². The number of nitrogens with one attached hydrogen (secondary N) is 3. The van der Waals surface area contributed by atoms with Gasteiger partial charge in [0.1, 0.15) is 0 Å². The fourth-order valence-electron chi connectivity index (χ4n) is 1.51. The molecule has 3 N–H and O–H groups in total. The average Bonchev–Trinajstić information content (AvgIpc) is 2.96. The van der Waals surface area contributed by atoms with E-state index in [0.717, 1.165) is 5.56 Å². The van der Waals surface area contributed by atoms with Gasteiger partial charge in [0.2, 0.25) is 11.1 Å². The first-order valence-electron chi connectivity index (χ1n) is 6.27. The maximum Gasteiger partial charge on any atom is 0.321 e. The molecule has 1 unspecified atom stereocenters. The predicted octanol–water partition coefficient (Wildman–Crippen LogP) is 1.41. The summed E-state index contributed by atoms with van der Waals surface area (Å²) < 4.78 is 0. The van der Waals surface area contributed by atoms with Crippen LogP contribution in [0.25, 0.3) is 11.4 Å². The number of imide groups is 1. The number of rotatable bonds is 4. The lowest BCUT2D eigenvalue weighted by atomic mass is 10.2. The number of carbonyl (C=O) groups is 2. The Kier molecular flexibility index (Phi) is 4.94. The van der Waals surface area contributed by atoms with E-state index in [9.17, 15) is 9.59 Å². The number of benzene rings is 1. The predicted molar refractivity (Wildman–Crippen MR) is 79.7 cm³/mol. The number of aromatic amines is 1. The van der Waals surface area contributed by atoms with Crippen molar-refractivity contribution in [1.29, 1.82) is 0 Å². The summed E-state index contributed by atoms with van der Waals surface area (Å²) in [4.78, 5) is 27.1. The highest BCUT2D eigenvalue weighted by Crippen LogP contribution is 2.22. The molecule has 21 heavy (non-hydrogen) atoms. The maximum absolute atomic E-state index is 11.7. The standard InChI is InChI=1S/C13H15N5O2S/c1-8(11(19)16-12(20)14-2)21-13-15-10(17-18-13)9-6-4-3-5-7-9/h3-8H,1-2H3,(H,15,17,18)(H2,14,16,19,20). The summed E-state index contributed by atoms with van der Waals surface area (Å²) in [5, 5.41) is 11.4. The van der Waals surface area contributed by atoms with Gasteiger partial charge in [-0.25, -0.2) is 9.78 Å². The molecule has 7 nitrogen and oxygen atoms in total. The smallest absolute Gasteiger partial charge is 0.321 e. The molecule has 0 saturated heterocycles. The third kappa shape index (κ3) is 4.06. The summed E-state index contributed by atoms with van der Waals surface area (Å²) in [7, 11) is 1.45. The lowest BCUT2D eigenvalue weighted by Crippen LogP contribution is -2.41. The Hall–Kier alpha value is -2.35. The number of carbonyl (C=O) groups excluding carboxylic acids is 2. The van der Waals surface area contributed by atoms with E-state index in [0.29, 0.717) is 11.0 Å². The Balaban J connectivity index is 1.99. The lowest BCUT2D eigenvalue weighted by molar-refractivity contribution is -0.119. The number of aromatic nitrogens is 3. The van der Waals surface area contributed by atoms with Crippen molar-refractivity contribution in [3.63, 3.8) is 0 Å². The van der Waals surface area contributed by atoms with Crippen molar-refractivity contribution in [1.82, 2.24) is 25.8 Å². The number of amides is 3. The molecular formula is C13H15N5O2S. The molecule has 2 rings (SSSR count). The van der Waals surface area contributed by atoms with Crippen molar-refractivity contribution in [2.24, 2.45) is 0 Å². The van der Waals surface area contributed by atoms with Gasteiger partial charge in [-0.15, -0.1) is 5.10 Å². The second-order valence-electron chi connectivity index (χ2n) is 4.16. The summed E-state index contributed by atoms with van der Waals surface area (Å²) in [5.41, 5.74) is 0.916. The number of hydrogen-bond donors (Lipinski definition) is 3. The molecule has 0 radical (unpaired) electrons. The molecule has 0 bridgehead atoms. The van der Waals surface area contributed by atoms with Crippen molar-refractivity contribution >= 4 is 23.7 Å². The largest absolute Gasteiger partial charge is 0.341 e. The van der Waals surface area contributed by atoms with Crippen LogP contribution in [0.2, 0.25) is 0 Å². The van der Waals surface area contributed by atoms with Gasteiger partial charge < -0.3 is 5.32 Å². The molecule has 0 spiro atoms. The van der Waals surface area contributed by atoms with Crippen LogP contribution in [0.3, 0.4) is 0 Å². The van der Waals surface area contributed by atoms with Gasteiger partial charge >= 0.3 is 6.03 Å². The van der Waals surface area contributed by atoms with Gasteiger partial charge in [-0.2, -0.15) is 0 Å². The van der Waals surface area contributed by atoms with Gasteiger partial charge in [-0.1, -0.05) is 42.1 Å². The molecule has 0 aliphatic carbocycles. The molecule has 8 heteroatoms. The van der Waals surface area contributed by atoms with Crippen LogP contribution in [0, 0.1) is 0 Å². The molecule has 2 aromatic rings. The van der Waals surface area contributed by atoms with E-state index < -0.39 is 17.2 Å². The minimum Gasteiger partial charge on any atom is -0.341 e. The average molecular weight is 305 g/mol. The Morgan fingerprint density at radius 1 is 1.29 bits per heavy atom. The molecule has 1 aromatic carbocycles. The zero-order valence-corrected chi connectivity index (χ0v) is 12.4.